The summed E-state index contributed by atoms with van der Waals surface area (Å²) in [5, 5.41) is 0. The van der Waals surface area contributed by atoms with E-state index in [0.717, 1.165) is 25.1 Å². The van der Waals surface area contributed by atoms with E-state index in [9.17, 15) is 0 Å². The Kier molecular flexibility index (Phi) is 4.70. The van der Waals surface area contributed by atoms with Crippen LogP contribution in [0.2, 0.25) is 0 Å². The van der Waals surface area contributed by atoms with Crippen LogP contribution in [0.25, 0.3) is 0 Å². The standard InChI is InChI=1S/C13H9BrClIO/c14-10-7-9(8-15)5-6-12(10)17-13-4-2-1-3-11(13)16/h1-7H,8H2. The third-order valence-corrected chi connectivity index (χ3v) is 4.03. The van der Waals surface area contributed by atoms with Crippen molar-refractivity contribution in [1.29, 1.82) is 0 Å². The zero-order valence-electron chi connectivity index (χ0n) is 8.79. The second-order valence-electron chi connectivity index (χ2n) is 3.43. The Morgan fingerprint density at radius 2 is 1.88 bits per heavy atom. The maximum atomic E-state index is 5.84. The molecule has 0 unspecified atom stereocenters. The lowest BCUT2D eigenvalue weighted by Gasteiger charge is -2.10. The topological polar surface area (TPSA) is 9.23 Å². The van der Waals surface area contributed by atoms with E-state index in [1.54, 1.807) is 0 Å². The van der Waals surface area contributed by atoms with Gasteiger partial charge in [-0.3, -0.25) is 0 Å². The Bertz CT molecular complexity index is 531. The second kappa shape index (κ2) is 6.07. The Labute approximate surface area is 127 Å². The van der Waals surface area contributed by atoms with E-state index in [-0.39, 0.29) is 0 Å². The lowest BCUT2D eigenvalue weighted by molar-refractivity contribution is 0.476. The van der Waals surface area contributed by atoms with Crippen LogP contribution in [-0.4, -0.2) is 0 Å². The van der Waals surface area contributed by atoms with Crippen molar-refractivity contribution in [2.45, 2.75) is 5.88 Å². The van der Waals surface area contributed by atoms with Gasteiger partial charge in [0.2, 0.25) is 0 Å². The Morgan fingerprint density at radius 1 is 1.12 bits per heavy atom. The predicted octanol–water partition coefficient (Wildman–Crippen LogP) is 5.58. The molecule has 2 aromatic carbocycles. The van der Waals surface area contributed by atoms with Crippen molar-refractivity contribution in [3.63, 3.8) is 0 Å². The van der Waals surface area contributed by atoms with Crippen molar-refractivity contribution in [2.24, 2.45) is 0 Å². The monoisotopic (exact) mass is 422 g/mol. The van der Waals surface area contributed by atoms with Gasteiger partial charge in [0.05, 0.1) is 8.04 Å². The molecular formula is C13H9BrClIO. The highest BCUT2D eigenvalue weighted by Crippen LogP contribution is 2.32. The number of ether oxygens (including phenoxy) is 1. The number of hydrogen-bond donors (Lipinski definition) is 0. The molecule has 0 saturated carbocycles. The Morgan fingerprint density at radius 3 is 2.53 bits per heavy atom. The van der Waals surface area contributed by atoms with Crippen molar-refractivity contribution in [3.05, 3.63) is 56.1 Å². The zero-order valence-corrected chi connectivity index (χ0v) is 13.3. The van der Waals surface area contributed by atoms with Gasteiger partial charge in [0.15, 0.2) is 0 Å². The number of halogens is 3. The van der Waals surface area contributed by atoms with Crippen molar-refractivity contribution >= 4 is 50.1 Å². The molecule has 2 rings (SSSR count). The molecule has 0 aromatic heterocycles. The van der Waals surface area contributed by atoms with Crippen molar-refractivity contribution < 1.29 is 4.74 Å². The van der Waals surface area contributed by atoms with E-state index >= 15 is 0 Å². The van der Waals surface area contributed by atoms with Crippen LogP contribution < -0.4 is 4.74 Å². The molecule has 0 fully saturated rings. The molecule has 88 valence electrons. The van der Waals surface area contributed by atoms with Crippen LogP contribution in [0.3, 0.4) is 0 Å². The first kappa shape index (κ1) is 13.2. The minimum Gasteiger partial charge on any atom is -0.455 e. The van der Waals surface area contributed by atoms with Crippen molar-refractivity contribution in [3.8, 4) is 11.5 Å². The lowest BCUT2D eigenvalue weighted by atomic mass is 10.2. The minimum atomic E-state index is 0.502. The number of para-hydroxylation sites is 1. The van der Waals surface area contributed by atoms with Gasteiger partial charge in [-0.25, -0.2) is 0 Å². The first-order valence-corrected chi connectivity index (χ1v) is 7.38. The van der Waals surface area contributed by atoms with E-state index in [1.165, 1.54) is 0 Å². The molecular weight excluding hydrogens is 414 g/mol. The third-order valence-electron chi connectivity index (χ3n) is 2.21. The molecule has 0 amide bonds. The van der Waals surface area contributed by atoms with Gasteiger partial charge in [0.25, 0.3) is 0 Å². The average molecular weight is 423 g/mol. The van der Waals surface area contributed by atoms with E-state index in [1.807, 2.05) is 42.5 Å². The fourth-order valence-corrected chi connectivity index (χ4v) is 2.53. The minimum absolute atomic E-state index is 0.502. The maximum Gasteiger partial charge on any atom is 0.141 e. The number of alkyl halides is 1. The van der Waals surface area contributed by atoms with Gasteiger partial charge in [-0.1, -0.05) is 18.2 Å². The largest absolute Gasteiger partial charge is 0.455 e. The molecule has 17 heavy (non-hydrogen) atoms. The molecule has 0 aliphatic rings. The van der Waals surface area contributed by atoms with Gasteiger partial charge in [-0.05, 0) is 68.3 Å². The van der Waals surface area contributed by atoms with Gasteiger partial charge < -0.3 is 4.74 Å². The van der Waals surface area contributed by atoms with Gasteiger partial charge in [0.1, 0.15) is 11.5 Å². The smallest absolute Gasteiger partial charge is 0.141 e. The highest BCUT2D eigenvalue weighted by atomic mass is 127. The van der Waals surface area contributed by atoms with Crippen LogP contribution in [0.15, 0.2) is 46.9 Å². The summed E-state index contributed by atoms with van der Waals surface area (Å²) in [5.41, 5.74) is 1.06. The summed E-state index contributed by atoms with van der Waals surface area (Å²) in [4.78, 5) is 0. The van der Waals surface area contributed by atoms with E-state index in [0.29, 0.717) is 5.88 Å². The summed E-state index contributed by atoms with van der Waals surface area (Å²) in [7, 11) is 0. The van der Waals surface area contributed by atoms with E-state index in [2.05, 4.69) is 38.5 Å². The third kappa shape index (κ3) is 3.36. The van der Waals surface area contributed by atoms with Crippen LogP contribution in [0.1, 0.15) is 5.56 Å². The lowest BCUT2D eigenvalue weighted by Crippen LogP contribution is -1.89. The zero-order chi connectivity index (χ0) is 12.3. The molecule has 0 aliphatic carbocycles. The van der Waals surface area contributed by atoms with Crippen LogP contribution in [0.5, 0.6) is 11.5 Å². The molecule has 4 heteroatoms. The van der Waals surface area contributed by atoms with Gasteiger partial charge in [-0.15, -0.1) is 11.6 Å². The first-order chi connectivity index (χ1) is 8.20. The van der Waals surface area contributed by atoms with Crippen molar-refractivity contribution in [2.75, 3.05) is 0 Å². The van der Waals surface area contributed by atoms with Crippen LogP contribution in [-0.2, 0) is 5.88 Å². The second-order valence-corrected chi connectivity index (χ2v) is 5.71. The summed E-state index contributed by atoms with van der Waals surface area (Å²) in [5.74, 6) is 2.15. The summed E-state index contributed by atoms with van der Waals surface area (Å²) in [6, 6.07) is 13.8. The average Bonchev–Trinajstić information content (AvgIpc) is 2.34. The molecule has 0 saturated heterocycles. The van der Waals surface area contributed by atoms with E-state index < -0.39 is 0 Å². The quantitative estimate of drug-likeness (QED) is 0.462. The molecule has 0 spiro atoms. The summed E-state index contributed by atoms with van der Waals surface area (Å²) >= 11 is 11.5. The molecule has 0 radical (unpaired) electrons. The predicted molar refractivity (Wildman–Crippen MR) is 82.9 cm³/mol. The molecule has 0 N–H and O–H groups in total. The molecule has 0 aliphatic heterocycles. The van der Waals surface area contributed by atoms with E-state index in [4.69, 9.17) is 16.3 Å². The number of rotatable bonds is 3. The van der Waals surface area contributed by atoms with Gasteiger partial charge in [-0.2, -0.15) is 0 Å². The van der Waals surface area contributed by atoms with Gasteiger partial charge >= 0.3 is 0 Å². The highest BCUT2D eigenvalue weighted by Gasteiger charge is 2.06. The van der Waals surface area contributed by atoms with Crippen molar-refractivity contribution in [1.82, 2.24) is 0 Å². The normalized spacial score (nSPS) is 10.3. The van der Waals surface area contributed by atoms with Gasteiger partial charge in [0, 0.05) is 5.88 Å². The molecule has 0 atom stereocenters. The van der Waals surface area contributed by atoms with Crippen LogP contribution in [0, 0.1) is 3.57 Å². The molecule has 1 nitrogen and oxygen atoms in total. The Balaban J connectivity index is 2.28. The first-order valence-electron chi connectivity index (χ1n) is 4.97. The summed E-state index contributed by atoms with van der Waals surface area (Å²) < 4.78 is 7.84. The maximum absolute atomic E-state index is 5.84. The van der Waals surface area contributed by atoms with Crippen LogP contribution in [0.4, 0.5) is 0 Å². The number of benzene rings is 2. The fraction of sp³-hybridized carbons (Fsp3) is 0.0769. The highest BCUT2D eigenvalue weighted by molar-refractivity contribution is 14.1. The SMILES string of the molecule is ClCc1ccc(Oc2ccccc2I)c(Br)c1. The Hall–Kier alpha value is -0.260. The molecule has 0 bridgehead atoms. The van der Waals surface area contributed by atoms with Crippen LogP contribution >= 0.6 is 50.1 Å². The number of hydrogen-bond acceptors (Lipinski definition) is 1. The summed E-state index contributed by atoms with van der Waals surface area (Å²) in [6.07, 6.45) is 0. The molecule has 0 heterocycles. The fourth-order valence-electron chi connectivity index (χ4n) is 1.36. The summed E-state index contributed by atoms with van der Waals surface area (Å²) in [6.45, 7) is 0. The molecule has 2 aromatic rings.